The molecule has 0 aromatic heterocycles. The van der Waals surface area contributed by atoms with Crippen molar-refractivity contribution in [1.82, 2.24) is 0 Å². The first kappa shape index (κ1) is 13.8. The van der Waals surface area contributed by atoms with E-state index in [1.165, 1.54) is 36.6 Å². The number of hydrogen-bond acceptors (Lipinski definition) is 1. The Labute approximate surface area is 131 Å². The van der Waals surface area contributed by atoms with Gasteiger partial charge < -0.3 is 4.90 Å². The second-order valence-corrected chi connectivity index (χ2v) is 7.15. The van der Waals surface area contributed by atoms with Crippen LogP contribution in [0.5, 0.6) is 0 Å². The van der Waals surface area contributed by atoms with Crippen molar-refractivity contribution in [3.8, 4) is 0 Å². The zero-order valence-corrected chi connectivity index (χ0v) is 13.3. The molecule has 1 nitrogen and oxygen atoms in total. The number of nitrogens with zero attached hydrogens (tertiary/aromatic N) is 1. The van der Waals surface area contributed by atoms with E-state index in [0.717, 1.165) is 12.1 Å². The Balaban J connectivity index is 1.97. The zero-order valence-electron chi connectivity index (χ0n) is 13.3. The van der Waals surface area contributed by atoms with E-state index in [1.54, 1.807) is 6.07 Å². The van der Waals surface area contributed by atoms with E-state index in [4.69, 9.17) is 0 Å². The molecule has 1 fully saturated rings. The third-order valence-electron chi connectivity index (χ3n) is 6.08. The predicted molar refractivity (Wildman–Crippen MR) is 89.2 cm³/mol. The first-order valence-electron chi connectivity index (χ1n) is 8.22. The van der Waals surface area contributed by atoms with E-state index < -0.39 is 0 Å². The fourth-order valence-electron chi connectivity index (χ4n) is 4.72. The lowest BCUT2D eigenvalue weighted by molar-refractivity contribution is 0.195. The average molecular weight is 295 g/mol. The molecule has 22 heavy (non-hydrogen) atoms. The molecule has 0 amide bonds. The number of halogens is 1. The summed E-state index contributed by atoms with van der Waals surface area (Å²) in [5, 5.41) is 0. The molecular formula is C20H22FN. The van der Waals surface area contributed by atoms with E-state index in [9.17, 15) is 4.39 Å². The van der Waals surface area contributed by atoms with Crippen molar-refractivity contribution < 1.29 is 4.39 Å². The Hall–Kier alpha value is -1.83. The molecule has 0 spiro atoms. The smallest absolute Gasteiger partial charge is 0.125 e. The largest absolute Gasteiger partial charge is 0.334 e. The van der Waals surface area contributed by atoms with Gasteiger partial charge in [-0.1, -0.05) is 44.0 Å². The maximum Gasteiger partial charge on any atom is 0.125 e. The SMILES string of the molecule is CC12CCCCC1(C)N(c1cccc(F)c1)c1ccccc12. The van der Waals surface area contributed by atoms with Crippen molar-refractivity contribution in [2.45, 2.75) is 50.5 Å². The molecule has 2 heteroatoms. The van der Waals surface area contributed by atoms with Crippen LogP contribution in [0, 0.1) is 5.82 Å². The van der Waals surface area contributed by atoms with Crippen molar-refractivity contribution in [2.75, 3.05) is 4.90 Å². The van der Waals surface area contributed by atoms with Crippen molar-refractivity contribution in [1.29, 1.82) is 0 Å². The van der Waals surface area contributed by atoms with E-state index in [0.29, 0.717) is 0 Å². The van der Waals surface area contributed by atoms with Gasteiger partial charge in [-0.3, -0.25) is 0 Å². The Morgan fingerprint density at radius 2 is 1.73 bits per heavy atom. The standard InChI is InChI=1S/C20H22FN/c1-19-12-5-6-13-20(19,2)22(16-9-7-8-15(21)14-16)18-11-4-3-10-17(18)19/h3-4,7-11,14H,5-6,12-13H2,1-2H3. The minimum atomic E-state index is -0.164. The van der Waals surface area contributed by atoms with E-state index >= 15 is 0 Å². The van der Waals surface area contributed by atoms with Crippen LogP contribution in [0.1, 0.15) is 45.1 Å². The van der Waals surface area contributed by atoms with Gasteiger partial charge in [-0.15, -0.1) is 0 Å². The molecule has 4 rings (SSSR count). The second-order valence-electron chi connectivity index (χ2n) is 7.15. The lowest BCUT2D eigenvalue weighted by Gasteiger charge is -2.50. The van der Waals surface area contributed by atoms with Crippen LogP contribution in [0.3, 0.4) is 0 Å². The number of hydrogen-bond donors (Lipinski definition) is 0. The molecule has 1 aliphatic heterocycles. The summed E-state index contributed by atoms with van der Waals surface area (Å²) >= 11 is 0. The van der Waals surface area contributed by atoms with E-state index in [1.807, 2.05) is 12.1 Å². The number of fused-ring (bicyclic) bond motifs is 3. The Morgan fingerprint density at radius 3 is 2.55 bits per heavy atom. The highest BCUT2D eigenvalue weighted by Crippen LogP contribution is 2.60. The highest BCUT2D eigenvalue weighted by atomic mass is 19.1. The summed E-state index contributed by atoms with van der Waals surface area (Å²) in [5.74, 6) is -0.164. The fraction of sp³-hybridized carbons (Fsp3) is 0.400. The molecule has 2 aromatic carbocycles. The fourth-order valence-corrected chi connectivity index (χ4v) is 4.72. The molecule has 0 bridgehead atoms. The summed E-state index contributed by atoms with van der Waals surface area (Å²) in [6, 6.07) is 15.7. The van der Waals surface area contributed by atoms with Gasteiger partial charge in [-0.05, 0) is 49.6 Å². The first-order valence-corrected chi connectivity index (χ1v) is 8.22. The van der Waals surface area contributed by atoms with Crippen LogP contribution in [0.2, 0.25) is 0 Å². The lowest BCUT2D eigenvalue weighted by atomic mass is 9.61. The van der Waals surface area contributed by atoms with Crippen LogP contribution >= 0.6 is 0 Å². The molecule has 0 N–H and O–H groups in total. The van der Waals surface area contributed by atoms with Gasteiger partial charge in [-0.25, -0.2) is 4.39 Å². The molecular weight excluding hydrogens is 273 g/mol. The minimum absolute atomic E-state index is 0.0166. The number of rotatable bonds is 1. The number of para-hydroxylation sites is 1. The van der Waals surface area contributed by atoms with Gasteiger partial charge in [0.1, 0.15) is 5.82 Å². The summed E-state index contributed by atoms with van der Waals surface area (Å²) in [5.41, 5.74) is 3.79. The van der Waals surface area contributed by atoms with Crippen LogP contribution in [0.4, 0.5) is 15.8 Å². The molecule has 2 aromatic rings. The van der Waals surface area contributed by atoms with Gasteiger partial charge in [0.05, 0.1) is 5.54 Å². The quantitative estimate of drug-likeness (QED) is 0.665. The maximum absolute atomic E-state index is 13.8. The summed E-state index contributed by atoms with van der Waals surface area (Å²) in [6.45, 7) is 4.75. The zero-order chi connectivity index (χ0) is 15.4. The Bertz CT molecular complexity index is 725. The average Bonchev–Trinajstić information content (AvgIpc) is 2.72. The van der Waals surface area contributed by atoms with E-state index in [-0.39, 0.29) is 16.8 Å². The number of benzene rings is 2. The van der Waals surface area contributed by atoms with Crippen LogP contribution in [0.25, 0.3) is 0 Å². The van der Waals surface area contributed by atoms with Crippen LogP contribution in [-0.2, 0) is 5.41 Å². The molecule has 2 atom stereocenters. The Morgan fingerprint density at radius 1 is 0.955 bits per heavy atom. The van der Waals surface area contributed by atoms with Gasteiger partial charge in [0.2, 0.25) is 0 Å². The third kappa shape index (κ3) is 1.64. The lowest BCUT2D eigenvalue weighted by Crippen LogP contribution is -2.54. The second kappa shape index (κ2) is 4.58. The first-order chi connectivity index (χ1) is 10.6. The summed E-state index contributed by atoms with van der Waals surface area (Å²) in [7, 11) is 0. The molecule has 0 saturated heterocycles. The topological polar surface area (TPSA) is 3.24 Å². The molecule has 1 aliphatic carbocycles. The molecule has 0 radical (unpaired) electrons. The van der Waals surface area contributed by atoms with Crippen molar-refractivity contribution in [3.63, 3.8) is 0 Å². The summed E-state index contributed by atoms with van der Waals surface area (Å²) in [4.78, 5) is 2.39. The van der Waals surface area contributed by atoms with Gasteiger partial charge in [0, 0.05) is 16.8 Å². The maximum atomic E-state index is 13.8. The Kier molecular flexibility index (Phi) is 2.87. The molecule has 2 aliphatic rings. The van der Waals surface area contributed by atoms with Crippen LogP contribution in [0.15, 0.2) is 48.5 Å². The van der Waals surface area contributed by atoms with Crippen molar-refractivity contribution in [2.24, 2.45) is 0 Å². The minimum Gasteiger partial charge on any atom is -0.334 e. The van der Waals surface area contributed by atoms with Crippen molar-refractivity contribution in [3.05, 3.63) is 59.9 Å². The van der Waals surface area contributed by atoms with Crippen molar-refractivity contribution >= 4 is 11.4 Å². The van der Waals surface area contributed by atoms with Crippen LogP contribution < -0.4 is 4.90 Å². The molecule has 1 saturated carbocycles. The normalized spacial score (nSPS) is 30.0. The van der Waals surface area contributed by atoms with Crippen LogP contribution in [-0.4, -0.2) is 5.54 Å². The molecule has 114 valence electrons. The number of anilines is 2. The summed E-state index contributed by atoms with van der Waals surface area (Å²) < 4.78 is 13.8. The third-order valence-corrected chi connectivity index (χ3v) is 6.08. The monoisotopic (exact) mass is 295 g/mol. The molecule has 1 heterocycles. The predicted octanol–water partition coefficient (Wildman–Crippen LogP) is 5.57. The summed E-state index contributed by atoms with van der Waals surface area (Å²) in [6.07, 6.45) is 4.87. The highest BCUT2D eigenvalue weighted by molar-refractivity contribution is 5.76. The van der Waals surface area contributed by atoms with Gasteiger partial charge in [0.15, 0.2) is 0 Å². The van der Waals surface area contributed by atoms with Gasteiger partial charge in [0.25, 0.3) is 0 Å². The van der Waals surface area contributed by atoms with E-state index in [2.05, 4.69) is 43.0 Å². The van der Waals surface area contributed by atoms with Gasteiger partial charge in [-0.2, -0.15) is 0 Å². The molecule has 2 unspecified atom stereocenters. The highest BCUT2D eigenvalue weighted by Gasteiger charge is 2.57. The van der Waals surface area contributed by atoms with Gasteiger partial charge >= 0.3 is 0 Å².